The second-order valence-corrected chi connectivity index (χ2v) is 4.01. The highest BCUT2D eigenvalue weighted by Gasteiger charge is 2.05. The van der Waals surface area contributed by atoms with Crippen molar-refractivity contribution < 1.29 is 0 Å². The Morgan fingerprint density at radius 2 is 2.31 bits per heavy atom. The third kappa shape index (κ3) is 2.06. The Hall–Kier alpha value is -1.82. The first-order chi connectivity index (χ1) is 7.83. The van der Waals surface area contributed by atoms with E-state index in [0.29, 0.717) is 6.42 Å². The van der Waals surface area contributed by atoms with Gasteiger partial charge in [0.25, 0.3) is 0 Å². The lowest BCUT2D eigenvalue weighted by Crippen LogP contribution is -1.85. The Kier molecular flexibility index (Phi) is 3.21. The molecule has 0 aromatic carbocycles. The zero-order chi connectivity index (χ0) is 11.4. The molecule has 0 atom stereocenters. The number of hydrogen-bond donors (Lipinski definition) is 0. The van der Waals surface area contributed by atoms with E-state index in [9.17, 15) is 0 Å². The van der Waals surface area contributed by atoms with E-state index in [4.69, 9.17) is 5.26 Å². The third-order valence-corrected chi connectivity index (χ3v) is 2.80. The number of rotatable bonds is 4. The van der Waals surface area contributed by atoms with Gasteiger partial charge in [0.05, 0.1) is 6.07 Å². The minimum Gasteiger partial charge on any atom is -0.335 e. The normalized spacial score (nSPS) is 10.5. The van der Waals surface area contributed by atoms with Crippen LogP contribution in [0, 0.1) is 11.3 Å². The summed E-state index contributed by atoms with van der Waals surface area (Å²) < 4.78 is 2.06. The molecule has 3 heteroatoms. The maximum Gasteiger partial charge on any atom is 0.139 e. The predicted molar refractivity (Wildman–Crippen MR) is 63.9 cm³/mol. The molecule has 2 heterocycles. The third-order valence-electron chi connectivity index (χ3n) is 2.80. The van der Waals surface area contributed by atoms with E-state index in [-0.39, 0.29) is 0 Å². The molecular weight excluding hydrogens is 198 g/mol. The molecule has 0 saturated heterocycles. The number of aromatic nitrogens is 2. The first-order valence-corrected chi connectivity index (χ1v) is 5.59. The van der Waals surface area contributed by atoms with Crippen molar-refractivity contribution >= 4 is 11.0 Å². The quantitative estimate of drug-likeness (QED) is 0.733. The molecule has 0 radical (unpaired) electrons. The van der Waals surface area contributed by atoms with Crippen molar-refractivity contribution in [2.45, 2.75) is 25.7 Å². The van der Waals surface area contributed by atoms with Crippen LogP contribution in [0.1, 0.15) is 24.8 Å². The van der Waals surface area contributed by atoms with Crippen molar-refractivity contribution in [2.75, 3.05) is 0 Å². The van der Waals surface area contributed by atoms with Crippen LogP contribution in [0.5, 0.6) is 0 Å². The molecular formula is C13H15N3. The molecule has 0 fully saturated rings. The van der Waals surface area contributed by atoms with Gasteiger partial charge in [-0.2, -0.15) is 5.26 Å². The molecule has 0 spiro atoms. The molecule has 2 aromatic heterocycles. The Balaban J connectivity index is 2.15. The van der Waals surface area contributed by atoms with E-state index < -0.39 is 0 Å². The van der Waals surface area contributed by atoms with E-state index in [0.717, 1.165) is 24.9 Å². The molecule has 0 unspecified atom stereocenters. The summed E-state index contributed by atoms with van der Waals surface area (Å²) >= 11 is 0. The predicted octanol–water partition coefficient (Wildman–Crippen LogP) is 2.81. The minimum absolute atomic E-state index is 0.656. The Morgan fingerprint density at radius 3 is 3.12 bits per heavy atom. The first kappa shape index (κ1) is 10.7. The number of unbranched alkanes of at least 4 members (excludes halogenated alkanes) is 2. The number of fused-ring (bicyclic) bond motifs is 1. The van der Waals surface area contributed by atoms with Gasteiger partial charge in [0, 0.05) is 31.2 Å². The summed E-state index contributed by atoms with van der Waals surface area (Å²) in [4.78, 5) is 4.36. The maximum atomic E-state index is 8.48. The van der Waals surface area contributed by atoms with Crippen molar-refractivity contribution in [1.29, 1.82) is 5.26 Å². The molecule has 3 nitrogen and oxygen atoms in total. The van der Waals surface area contributed by atoms with Gasteiger partial charge in [-0.1, -0.05) is 0 Å². The topological polar surface area (TPSA) is 41.6 Å². The second-order valence-electron chi connectivity index (χ2n) is 4.01. The van der Waals surface area contributed by atoms with Crippen LogP contribution >= 0.6 is 0 Å². The van der Waals surface area contributed by atoms with Gasteiger partial charge in [-0.3, -0.25) is 0 Å². The van der Waals surface area contributed by atoms with E-state index in [1.165, 1.54) is 10.9 Å². The molecule has 0 aliphatic rings. The molecule has 2 aromatic rings. The number of aryl methyl sites for hydroxylation is 2. The standard InChI is InChI=1S/C13H15N3/c1-16-10-11(6-3-2-4-8-14)12-7-5-9-15-13(12)16/h5,7,9-10H,2-4,6H2,1H3. The fraction of sp³-hybridized carbons (Fsp3) is 0.385. The summed E-state index contributed by atoms with van der Waals surface area (Å²) in [6.45, 7) is 0. The van der Waals surface area contributed by atoms with E-state index in [1.807, 2.05) is 19.3 Å². The molecule has 0 amide bonds. The Bertz CT molecular complexity index is 519. The zero-order valence-electron chi connectivity index (χ0n) is 9.48. The van der Waals surface area contributed by atoms with Crippen molar-refractivity contribution in [2.24, 2.45) is 7.05 Å². The van der Waals surface area contributed by atoms with Crippen molar-refractivity contribution in [3.63, 3.8) is 0 Å². The highest BCUT2D eigenvalue weighted by Crippen LogP contribution is 2.20. The van der Waals surface area contributed by atoms with Gasteiger partial charge in [0.1, 0.15) is 5.65 Å². The Morgan fingerprint density at radius 1 is 1.44 bits per heavy atom. The van der Waals surface area contributed by atoms with Crippen molar-refractivity contribution in [1.82, 2.24) is 9.55 Å². The van der Waals surface area contributed by atoms with Gasteiger partial charge in [-0.25, -0.2) is 4.98 Å². The minimum atomic E-state index is 0.656. The van der Waals surface area contributed by atoms with Gasteiger partial charge < -0.3 is 4.57 Å². The molecule has 0 bridgehead atoms. The van der Waals surface area contributed by atoms with Crippen LogP contribution in [0.4, 0.5) is 0 Å². The van der Waals surface area contributed by atoms with Gasteiger partial charge in [0.2, 0.25) is 0 Å². The highest BCUT2D eigenvalue weighted by molar-refractivity contribution is 5.80. The van der Waals surface area contributed by atoms with Crippen molar-refractivity contribution in [3.05, 3.63) is 30.1 Å². The van der Waals surface area contributed by atoms with Gasteiger partial charge in [0.15, 0.2) is 0 Å². The lowest BCUT2D eigenvalue weighted by atomic mass is 10.1. The summed E-state index contributed by atoms with van der Waals surface area (Å²) in [5.74, 6) is 0. The molecule has 0 saturated carbocycles. The van der Waals surface area contributed by atoms with Gasteiger partial charge in [-0.15, -0.1) is 0 Å². The molecule has 0 N–H and O–H groups in total. The molecule has 16 heavy (non-hydrogen) atoms. The van der Waals surface area contributed by atoms with Crippen LogP contribution in [0.25, 0.3) is 11.0 Å². The number of nitrogens with zero attached hydrogens (tertiary/aromatic N) is 3. The monoisotopic (exact) mass is 213 g/mol. The molecule has 0 aliphatic carbocycles. The number of pyridine rings is 1. The number of hydrogen-bond acceptors (Lipinski definition) is 2. The number of nitriles is 1. The summed E-state index contributed by atoms with van der Waals surface area (Å²) in [7, 11) is 2.02. The average Bonchev–Trinajstić information content (AvgIpc) is 2.63. The lowest BCUT2D eigenvalue weighted by Gasteiger charge is -1.96. The summed E-state index contributed by atoms with van der Waals surface area (Å²) in [5, 5.41) is 9.71. The maximum absolute atomic E-state index is 8.48. The fourth-order valence-corrected chi connectivity index (χ4v) is 2.01. The fourth-order valence-electron chi connectivity index (χ4n) is 2.01. The zero-order valence-corrected chi connectivity index (χ0v) is 9.48. The summed E-state index contributed by atoms with van der Waals surface area (Å²) in [6, 6.07) is 6.27. The highest BCUT2D eigenvalue weighted by atomic mass is 15.0. The molecule has 2 rings (SSSR count). The van der Waals surface area contributed by atoms with Crippen LogP contribution in [-0.4, -0.2) is 9.55 Å². The first-order valence-electron chi connectivity index (χ1n) is 5.59. The SMILES string of the molecule is Cn1cc(CCCCC#N)c2cccnc21. The van der Waals surface area contributed by atoms with Crippen LogP contribution < -0.4 is 0 Å². The van der Waals surface area contributed by atoms with Crippen LogP contribution in [0.2, 0.25) is 0 Å². The largest absolute Gasteiger partial charge is 0.335 e. The van der Waals surface area contributed by atoms with E-state index >= 15 is 0 Å². The smallest absolute Gasteiger partial charge is 0.139 e. The van der Waals surface area contributed by atoms with E-state index in [2.05, 4.69) is 27.9 Å². The Labute approximate surface area is 95.3 Å². The van der Waals surface area contributed by atoms with Crippen LogP contribution in [0.3, 0.4) is 0 Å². The van der Waals surface area contributed by atoms with Crippen LogP contribution in [-0.2, 0) is 13.5 Å². The second kappa shape index (κ2) is 4.80. The van der Waals surface area contributed by atoms with Gasteiger partial charge >= 0.3 is 0 Å². The average molecular weight is 213 g/mol. The van der Waals surface area contributed by atoms with Crippen molar-refractivity contribution in [3.8, 4) is 6.07 Å². The summed E-state index contributed by atoms with van der Waals surface area (Å²) in [6.07, 6.45) is 7.70. The van der Waals surface area contributed by atoms with Gasteiger partial charge in [-0.05, 0) is 37.0 Å². The molecule has 0 aliphatic heterocycles. The van der Waals surface area contributed by atoms with Crippen LogP contribution in [0.15, 0.2) is 24.5 Å². The molecule has 82 valence electrons. The summed E-state index contributed by atoms with van der Waals surface area (Å²) in [5.41, 5.74) is 2.38. The van der Waals surface area contributed by atoms with E-state index in [1.54, 1.807) is 0 Å². The lowest BCUT2D eigenvalue weighted by molar-refractivity contribution is 0.753.